The SMILES string of the molecule is CCn1nc(C(=O)NCC2CCC(C(C)=O)CC2)c(Cl)c1-c1cnc(CC(C)(C)C)cc1OC(F)F. The molecule has 1 saturated carbocycles. The van der Waals surface area contributed by atoms with E-state index in [9.17, 15) is 18.4 Å². The fourth-order valence-electron chi connectivity index (χ4n) is 4.65. The summed E-state index contributed by atoms with van der Waals surface area (Å²) in [5.74, 6) is 0.114. The van der Waals surface area contributed by atoms with E-state index in [4.69, 9.17) is 16.3 Å². The highest BCUT2D eigenvalue weighted by Gasteiger charge is 2.28. The number of alkyl halides is 2. The zero-order valence-corrected chi connectivity index (χ0v) is 22.3. The third-order valence-electron chi connectivity index (χ3n) is 6.49. The first-order chi connectivity index (χ1) is 16.9. The number of pyridine rings is 1. The molecule has 0 saturated heterocycles. The van der Waals surface area contributed by atoms with Crippen LogP contribution in [0.5, 0.6) is 5.75 Å². The van der Waals surface area contributed by atoms with E-state index in [0.717, 1.165) is 25.7 Å². The Kier molecular flexibility index (Phi) is 9.08. The van der Waals surface area contributed by atoms with Crippen LogP contribution in [-0.2, 0) is 17.8 Å². The summed E-state index contributed by atoms with van der Waals surface area (Å²) in [5, 5.41) is 7.32. The molecule has 7 nitrogen and oxygen atoms in total. The van der Waals surface area contributed by atoms with Gasteiger partial charge in [-0.2, -0.15) is 13.9 Å². The molecule has 0 aliphatic heterocycles. The van der Waals surface area contributed by atoms with Gasteiger partial charge in [0.25, 0.3) is 5.91 Å². The van der Waals surface area contributed by atoms with Crippen molar-refractivity contribution in [2.45, 2.75) is 79.9 Å². The van der Waals surface area contributed by atoms with Crippen LogP contribution < -0.4 is 10.1 Å². The standard InChI is InChI=1S/C26H35ClF2N4O3/c1-6-33-23(19-14-30-18(12-26(3,4)5)11-20(19)36-25(28)29)21(27)22(32-33)24(35)31-13-16-7-9-17(10-8-16)15(2)34/h11,14,16-17,25H,6-10,12-13H2,1-5H3,(H,31,35). The number of aromatic nitrogens is 3. The lowest BCUT2D eigenvalue weighted by molar-refractivity contribution is -0.121. The fourth-order valence-corrected chi connectivity index (χ4v) is 4.98. The van der Waals surface area contributed by atoms with Crippen LogP contribution in [0, 0.1) is 17.3 Å². The van der Waals surface area contributed by atoms with Crippen LogP contribution >= 0.6 is 11.6 Å². The minimum atomic E-state index is -3.04. The molecule has 0 radical (unpaired) electrons. The predicted molar refractivity (Wildman–Crippen MR) is 134 cm³/mol. The number of hydrogen-bond donors (Lipinski definition) is 1. The molecular weight excluding hydrogens is 490 g/mol. The first-order valence-electron chi connectivity index (χ1n) is 12.4. The molecule has 10 heteroatoms. The molecule has 0 unspecified atom stereocenters. The average Bonchev–Trinajstić information content (AvgIpc) is 3.12. The van der Waals surface area contributed by atoms with Crippen molar-refractivity contribution in [3.05, 3.63) is 28.7 Å². The Hall–Kier alpha value is -2.55. The summed E-state index contributed by atoms with van der Waals surface area (Å²) in [4.78, 5) is 29.0. The molecule has 1 amide bonds. The van der Waals surface area contributed by atoms with E-state index in [1.54, 1.807) is 6.92 Å². The molecule has 2 aromatic rings. The molecule has 0 aromatic carbocycles. The van der Waals surface area contributed by atoms with Crippen LogP contribution in [0.4, 0.5) is 8.78 Å². The number of nitrogens with one attached hydrogen (secondary N) is 1. The molecule has 198 valence electrons. The first kappa shape index (κ1) is 28.0. The molecule has 1 aliphatic carbocycles. The van der Waals surface area contributed by atoms with Crippen LogP contribution in [0.1, 0.15) is 76.5 Å². The van der Waals surface area contributed by atoms with Crippen molar-refractivity contribution < 1.29 is 23.1 Å². The van der Waals surface area contributed by atoms with Gasteiger partial charge in [0, 0.05) is 37.0 Å². The largest absolute Gasteiger partial charge is 0.434 e. The van der Waals surface area contributed by atoms with Crippen molar-refractivity contribution in [3.63, 3.8) is 0 Å². The number of amides is 1. The number of halogens is 3. The molecular formula is C26H35ClF2N4O3. The van der Waals surface area contributed by atoms with Gasteiger partial charge in [-0.25, -0.2) is 0 Å². The Balaban J connectivity index is 1.84. The summed E-state index contributed by atoms with van der Waals surface area (Å²) >= 11 is 6.62. The van der Waals surface area contributed by atoms with E-state index in [1.807, 2.05) is 27.7 Å². The van der Waals surface area contributed by atoms with Crippen molar-refractivity contribution in [1.29, 1.82) is 0 Å². The molecule has 1 fully saturated rings. The summed E-state index contributed by atoms with van der Waals surface area (Å²) in [7, 11) is 0. The van der Waals surface area contributed by atoms with Crippen LogP contribution in [0.25, 0.3) is 11.3 Å². The third-order valence-corrected chi connectivity index (χ3v) is 6.85. The van der Waals surface area contributed by atoms with E-state index >= 15 is 0 Å². The first-order valence-corrected chi connectivity index (χ1v) is 12.8. The second-order valence-electron chi connectivity index (χ2n) is 10.7. The number of carbonyl (C=O) groups excluding carboxylic acids is 2. The minimum absolute atomic E-state index is 0.0210. The summed E-state index contributed by atoms with van der Waals surface area (Å²) in [6.07, 6.45) is 5.41. The molecule has 1 aliphatic rings. The van der Waals surface area contributed by atoms with E-state index < -0.39 is 12.5 Å². The Morgan fingerprint density at radius 1 is 1.25 bits per heavy atom. The van der Waals surface area contributed by atoms with Crippen LogP contribution in [0.3, 0.4) is 0 Å². The molecule has 0 spiro atoms. The molecule has 36 heavy (non-hydrogen) atoms. The Morgan fingerprint density at radius 2 is 1.92 bits per heavy atom. The second-order valence-corrected chi connectivity index (χ2v) is 11.0. The Labute approximate surface area is 215 Å². The van der Waals surface area contributed by atoms with Gasteiger partial charge in [0.15, 0.2) is 5.69 Å². The lowest BCUT2D eigenvalue weighted by Gasteiger charge is -2.26. The topological polar surface area (TPSA) is 86.1 Å². The molecule has 1 N–H and O–H groups in total. The van der Waals surface area contributed by atoms with Gasteiger partial charge in [-0.15, -0.1) is 0 Å². The van der Waals surface area contributed by atoms with Gasteiger partial charge in [-0.1, -0.05) is 32.4 Å². The third kappa shape index (κ3) is 7.02. The van der Waals surface area contributed by atoms with Gasteiger partial charge in [0.05, 0.1) is 16.3 Å². The molecule has 0 bridgehead atoms. The van der Waals surface area contributed by atoms with Gasteiger partial charge in [0.2, 0.25) is 0 Å². The Morgan fingerprint density at radius 3 is 2.47 bits per heavy atom. The number of aryl methyl sites for hydroxylation is 1. The van der Waals surface area contributed by atoms with Gasteiger partial charge >= 0.3 is 6.61 Å². The van der Waals surface area contributed by atoms with Gasteiger partial charge in [-0.05, 0) is 57.3 Å². The summed E-state index contributed by atoms with van der Waals surface area (Å²) in [5.41, 5.74) is 1.08. The van der Waals surface area contributed by atoms with E-state index in [2.05, 4.69) is 15.4 Å². The highest BCUT2D eigenvalue weighted by molar-refractivity contribution is 6.36. The van der Waals surface area contributed by atoms with Gasteiger partial charge < -0.3 is 10.1 Å². The number of ether oxygens (including phenoxy) is 1. The monoisotopic (exact) mass is 524 g/mol. The van der Waals surface area contributed by atoms with Crippen molar-refractivity contribution >= 4 is 23.3 Å². The lowest BCUT2D eigenvalue weighted by Crippen LogP contribution is -2.32. The highest BCUT2D eigenvalue weighted by atomic mass is 35.5. The fraction of sp³-hybridized carbons (Fsp3) is 0.615. The average molecular weight is 525 g/mol. The smallest absolute Gasteiger partial charge is 0.387 e. The number of Topliss-reactive ketones (excluding diaryl/α,β-unsaturated/α-hetero) is 1. The molecule has 2 heterocycles. The van der Waals surface area contributed by atoms with E-state index in [1.165, 1.54) is 16.9 Å². The van der Waals surface area contributed by atoms with Crippen LogP contribution in [0.15, 0.2) is 12.3 Å². The van der Waals surface area contributed by atoms with Crippen molar-refractivity contribution in [3.8, 4) is 17.0 Å². The quantitative estimate of drug-likeness (QED) is 0.439. The van der Waals surface area contributed by atoms with E-state index in [0.29, 0.717) is 30.9 Å². The van der Waals surface area contributed by atoms with Crippen LogP contribution in [0.2, 0.25) is 5.02 Å². The summed E-state index contributed by atoms with van der Waals surface area (Å²) < 4.78 is 32.9. The minimum Gasteiger partial charge on any atom is -0.434 e. The van der Waals surface area contributed by atoms with Gasteiger partial charge in [0.1, 0.15) is 11.5 Å². The number of ketones is 1. The second kappa shape index (κ2) is 11.7. The maximum absolute atomic E-state index is 13.3. The number of rotatable bonds is 9. The maximum atomic E-state index is 13.3. The number of hydrogen-bond acceptors (Lipinski definition) is 5. The normalized spacial score (nSPS) is 18.4. The molecule has 3 rings (SSSR count). The zero-order chi connectivity index (χ0) is 26.6. The summed E-state index contributed by atoms with van der Waals surface area (Å²) in [6, 6.07) is 1.49. The Bertz CT molecular complexity index is 1090. The number of nitrogens with zero attached hydrogens (tertiary/aromatic N) is 3. The molecule has 2 aromatic heterocycles. The number of carbonyl (C=O) groups is 2. The van der Waals surface area contributed by atoms with Crippen LogP contribution in [-0.4, -0.2) is 39.6 Å². The highest BCUT2D eigenvalue weighted by Crippen LogP contribution is 2.38. The lowest BCUT2D eigenvalue weighted by atomic mass is 9.80. The van der Waals surface area contributed by atoms with Crippen molar-refractivity contribution in [2.75, 3.05) is 6.54 Å². The van der Waals surface area contributed by atoms with E-state index in [-0.39, 0.29) is 45.1 Å². The van der Waals surface area contributed by atoms with Gasteiger partial charge in [-0.3, -0.25) is 19.3 Å². The predicted octanol–water partition coefficient (Wildman–Crippen LogP) is 5.93. The van der Waals surface area contributed by atoms with Crippen molar-refractivity contribution in [1.82, 2.24) is 20.1 Å². The molecule has 0 atom stereocenters. The van der Waals surface area contributed by atoms with Crippen molar-refractivity contribution in [2.24, 2.45) is 17.3 Å². The maximum Gasteiger partial charge on any atom is 0.387 e. The summed E-state index contributed by atoms with van der Waals surface area (Å²) in [6.45, 7) is 7.30. The zero-order valence-electron chi connectivity index (χ0n) is 21.5.